The number of carbonyl (C=O) groups is 1. The number of piperidine rings is 1. The lowest BCUT2D eigenvalue weighted by Crippen LogP contribution is -2.46. The molecule has 2 heterocycles. The van der Waals surface area contributed by atoms with Crippen LogP contribution in [0.4, 0.5) is 0 Å². The van der Waals surface area contributed by atoms with Crippen molar-refractivity contribution in [1.82, 2.24) is 15.6 Å². The number of aromatic amines is 1. The van der Waals surface area contributed by atoms with Crippen LogP contribution in [0.3, 0.4) is 0 Å². The third-order valence-corrected chi connectivity index (χ3v) is 2.69. The van der Waals surface area contributed by atoms with Crippen molar-refractivity contribution < 1.29 is 4.79 Å². The van der Waals surface area contributed by atoms with Gasteiger partial charge in [0.15, 0.2) is 0 Å². The summed E-state index contributed by atoms with van der Waals surface area (Å²) >= 11 is 0. The summed E-state index contributed by atoms with van der Waals surface area (Å²) in [6.45, 7) is 1.77. The summed E-state index contributed by atoms with van der Waals surface area (Å²) in [5.41, 5.74) is -0.170. The van der Waals surface area contributed by atoms with Crippen molar-refractivity contribution in [1.29, 1.82) is 0 Å². The number of nitrogens with one attached hydrogen (secondary N) is 3. The predicted molar refractivity (Wildman–Crippen MR) is 60.4 cm³/mol. The van der Waals surface area contributed by atoms with Gasteiger partial charge in [0, 0.05) is 18.8 Å². The molecule has 0 aromatic carbocycles. The number of rotatable bonds is 2. The van der Waals surface area contributed by atoms with Crippen molar-refractivity contribution >= 4 is 5.91 Å². The Bertz CT molecular complexity index is 421. The molecule has 0 radical (unpaired) electrons. The first-order valence-corrected chi connectivity index (χ1v) is 5.46. The van der Waals surface area contributed by atoms with Crippen LogP contribution in [-0.4, -0.2) is 30.0 Å². The summed E-state index contributed by atoms with van der Waals surface area (Å²) in [6.07, 6.45) is 3.53. The van der Waals surface area contributed by atoms with Gasteiger partial charge in [-0.3, -0.25) is 9.59 Å². The number of pyridine rings is 1. The van der Waals surface area contributed by atoms with E-state index in [-0.39, 0.29) is 23.1 Å². The molecular formula is C11H15N3O2. The lowest BCUT2D eigenvalue weighted by Gasteiger charge is -2.23. The van der Waals surface area contributed by atoms with E-state index in [1.54, 1.807) is 6.07 Å². The van der Waals surface area contributed by atoms with Crippen LogP contribution >= 0.6 is 0 Å². The molecule has 1 aromatic heterocycles. The van der Waals surface area contributed by atoms with Gasteiger partial charge in [0.1, 0.15) is 5.56 Å². The number of aromatic nitrogens is 1. The average molecular weight is 221 g/mol. The fourth-order valence-corrected chi connectivity index (χ4v) is 1.84. The van der Waals surface area contributed by atoms with Crippen molar-refractivity contribution in [2.45, 2.75) is 18.9 Å². The van der Waals surface area contributed by atoms with Crippen LogP contribution in [0.5, 0.6) is 0 Å². The highest BCUT2D eigenvalue weighted by atomic mass is 16.2. The molecule has 2 rings (SSSR count). The lowest BCUT2D eigenvalue weighted by molar-refractivity contribution is 0.0929. The second-order valence-corrected chi connectivity index (χ2v) is 3.93. The fourth-order valence-electron chi connectivity index (χ4n) is 1.84. The monoisotopic (exact) mass is 221 g/mol. The Morgan fingerprint density at radius 3 is 3.06 bits per heavy atom. The molecule has 1 saturated heterocycles. The van der Waals surface area contributed by atoms with E-state index in [1.807, 2.05) is 0 Å². The number of hydrogen-bond donors (Lipinski definition) is 3. The molecule has 1 aromatic rings. The summed E-state index contributed by atoms with van der Waals surface area (Å²) < 4.78 is 0. The number of H-pyrrole nitrogens is 1. The van der Waals surface area contributed by atoms with Crippen LogP contribution < -0.4 is 16.2 Å². The van der Waals surface area contributed by atoms with Crippen molar-refractivity contribution in [2.24, 2.45) is 0 Å². The first kappa shape index (κ1) is 10.9. The van der Waals surface area contributed by atoms with Crippen LogP contribution in [0.25, 0.3) is 0 Å². The zero-order valence-electron chi connectivity index (χ0n) is 8.95. The van der Waals surface area contributed by atoms with Gasteiger partial charge >= 0.3 is 0 Å². The molecule has 1 aliphatic rings. The standard InChI is InChI=1S/C11H15N3O2/c15-10-9(4-2-6-13-10)11(16)14-8-3-1-5-12-7-8/h2,4,6,8,12H,1,3,5,7H2,(H,13,15)(H,14,16). The maximum absolute atomic E-state index is 11.8. The third-order valence-electron chi connectivity index (χ3n) is 2.69. The minimum absolute atomic E-state index is 0.126. The summed E-state index contributed by atoms with van der Waals surface area (Å²) in [4.78, 5) is 25.6. The molecular weight excluding hydrogens is 206 g/mol. The van der Waals surface area contributed by atoms with Gasteiger partial charge in [-0.1, -0.05) is 0 Å². The molecule has 0 spiro atoms. The Kier molecular flexibility index (Phi) is 3.36. The van der Waals surface area contributed by atoms with Gasteiger partial charge in [0.2, 0.25) is 0 Å². The summed E-state index contributed by atoms with van der Waals surface area (Å²) in [6, 6.07) is 3.31. The first-order chi connectivity index (χ1) is 7.77. The van der Waals surface area contributed by atoms with E-state index in [2.05, 4.69) is 15.6 Å². The van der Waals surface area contributed by atoms with E-state index in [9.17, 15) is 9.59 Å². The molecule has 3 N–H and O–H groups in total. The number of amides is 1. The smallest absolute Gasteiger partial charge is 0.260 e. The molecule has 1 unspecified atom stereocenters. The largest absolute Gasteiger partial charge is 0.348 e. The number of hydrogen-bond acceptors (Lipinski definition) is 3. The maximum atomic E-state index is 11.8. The van der Waals surface area contributed by atoms with Crippen LogP contribution in [0.15, 0.2) is 23.1 Å². The molecule has 16 heavy (non-hydrogen) atoms. The Morgan fingerprint density at radius 2 is 2.38 bits per heavy atom. The Labute approximate surface area is 93.3 Å². The van der Waals surface area contributed by atoms with E-state index < -0.39 is 0 Å². The Morgan fingerprint density at radius 1 is 1.50 bits per heavy atom. The Hall–Kier alpha value is -1.62. The zero-order chi connectivity index (χ0) is 11.4. The minimum Gasteiger partial charge on any atom is -0.348 e. The number of carbonyl (C=O) groups excluding carboxylic acids is 1. The van der Waals surface area contributed by atoms with Gasteiger partial charge in [-0.25, -0.2) is 0 Å². The highest BCUT2D eigenvalue weighted by Crippen LogP contribution is 2.02. The topological polar surface area (TPSA) is 74.0 Å². The quantitative estimate of drug-likeness (QED) is 0.650. The van der Waals surface area contributed by atoms with Crippen molar-refractivity contribution in [3.8, 4) is 0 Å². The van der Waals surface area contributed by atoms with Crippen LogP contribution in [0, 0.1) is 0 Å². The van der Waals surface area contributed by atoms with Crippen LogP contribution in [0.2, 0.25) is 0 Å². The first-order valence-electron chi connectivity index (χ1n) is 5.46. The molecule has 1 atom stereocenters. The van der Waals surface area contributed by atoms with E-state index in [4.69, 9.17) is 0 Å². The normalized spacial score (nSPS) is 20.4. The zero-order valence-corrected chi connectivity index (χ0v) is 8.95. The molecule has 5 heteroatoms. The molecule has 1 aliphatic heterocycles. The SMILES string of the molecule is O=C(NC1CCCNC1)c1ccc[nH]c1=O. The second-order valence-electron chi connectivity index (χ2n) is 3.93. The van der Waals surface area contributed by atoms with Gasteiger partial charge in [0.05, 0.1) is 0 Å². The van der Waals surface area contributed by atoms with E-state index >= 15 is 0 Å². The maximum Gasteiger partial charge on any atom is 0.260 e. The minimum atomic E-state index is -0.344. The second kappa shape index (κ2) is 4.94. The molecule has 0 aliphatic carbocycles. The molecule has 0 bridgehead atoms. The summed E-state index contributed by atoms with van der Waals surface area (Å²) in [5, 5.41) is 6.06. The van der Waals surface area contributed by atoms with Gasteiger partial charge in [-0.05, 0) is 31.5 Å². The Balaban J connectivity index is 2.02. The summed E-state index contributed by atoms with van der Waals surface area (Å²) in [7, 11) is 0. The predicted octanol–water partition coefficient (Wildman–Crippen LogP) is -0.143. The molecule has 1 amide bonds. The lowest BCUT2D eigenvalue weighted by atomic mass is 10.1. The van der Waals surface area contributed by atoms with Gasteiger partial charge in [-0.15, -0.1) is 0 Å². The third kappa shape index (κ3) is 2.49. The van der Waals surface area contributed by atoms with E-state index in [0.717, 1.165) is 25.9 Å². The molecule has 86 valence electrons. The highest BCUT2D eigenvalue weighted by molar-refractivity contribution is 5.93. The van der Waals surface area contributed by atoms with E-state index in [0.29, 0.717) is 0 Å². The van der Waals surface area contributed by atoms with Crippen LogP contribution in [-0.2, 0) is 0 Å². The molecule has 1 fully saturated rings. The van der Waals surface area contributed by atoms with Crippen molar-refractivity contribution in [3.05, 3.63) is 34.2 Å². The molecule has 5 nitrogen and oxygen atoms in total. The summed E-state index contributed by atoms with van der Waals surface area (Å²) in [5.74, 6) is -0.296. The molecule has 0 saturated carbocycles. The van der Waals surface area contributed by atoms with Gasteiger partial charge in [-0.2, -0.15) is 0 Å². The van der Waals surface area contributed by atoms with Crippen molar-refractivity contribution in [3.63, 3.8) is 0 Å². The van der Waals surface area contributed by atoms with Gasteiger partial charge < -0.3 is 15.6 Å². The fraction of sp³-hybridized carbons (Fsp3) is 0.455. The van der Waals surface area contributed by atoms with Crippen molar-refractivity contribution in [2.75, 3.05) is 13.1 Å². The van der Waals surface area contributed by atoms with E-state index in [1.165, 1.54) is 12.3 Å². The van der Waals surface area contributed by atoms with Gasteiger partial charge in [0.25, 0.3) is 11.5 Å². The average Bonchev–Trinajstić information content (AvgIpc) is 2.31. The highest BCUT2D eigenvalue weighted by Gasteiger charge is 2.17. The van der Waals surface area contributed by atoms with Crippen LogP contribution in [0.1, 0.15) is 23.2 Å².